The van der Waals surface area contributed by atoms with Crippen molar-refractivity contribution in [1.82, 2.24) is 4.98 Å². The van der Waals surface area contributed by atoms with Crippen molar-refractivity contribution in [3.05, 3.63) is 60.4 Å². The third kappa shape index (κ3) is 2.19. The molecule has 2 aromatic rings. The summed E-state index contributed by atoms with van der Waals surface area (Å²) in [5.41, 5.74) is 5.75. The number of hydrogen-bond acceptors (Lipinski definition) is 1. The zero-order valence-corrected chi connectivity index (χ0v) is 9.70. The highest BCUT2D eigenvalue weighted by molar-refractivity contribution is 5.68. The van der Waals surface area contributed by atoms with Crippen molar-refractivity contribution >= 4 is 5.57 Å². The van der Waals surface area contributed by atoms with Crippen LogP contribution in [0.5, 0.6) is 0 Å². The standard InChI is InChI=1S/C15H15N/c1-11(2)13-4-6-14(7-5-13)15-8-9-16-12(3)10-15/h4-10H,1H2,2-3H3. The largest absolute Gasteiger partial charge is 0.262 e. The molecule has 0 atom stereocenters. The number of aromatic nitrogens is 1. The van der Waals surface area contributed by atoms with Crippen molar-refractivity contribution in [3.8, 4) is 11.1 Å². The molecule has 0 aliphatic carbocycles. The van der Waals surface area contributed by atoms with Crippen LogP contribution in [0.3, 0.4) is 0 Å². The summed E-state index contributed by atoms with van der Waals surface area (Å²) in [6, 6.07) is 12.6. The van der Waals surface area contributed by atoms with Gasteiger partial charge in [-0.2, -0.15) is 0 Å². The van der Waals surface area contributed by atoms with E-state index in [1.54, 1.807) is 0 Å². The first-order valence-electron chi connectivity index (χ1n) is 5.36. The van der Waals surface area contributed by atoms with E-state index in [4.69, 9.17) is 0 Å². The lowest BCUT2D eigenvalue weighted by molar-refractivity contribution is 1.20. The topological polar surface area (TPSA) is 12.9 Å². The Morgan fingerprint density at radius 2 is 1.75 bits per heavy atom. The maximum absolute atomic E-state index is 4.20. The van der Waals surface area contributed by atoms with Gasteiger partial charge in [0.15, 0.2) is 0 Å². The zero-order valence-electron chi connectivity index (χ0n) is 9.70. The Kier molecular flexibility index (Phi) is 2.86. The van der Waals surface area contributed by atoms with Crippen molar-refractivity contribution in [1.29, 1.82) is 0 Å². The summed E-state index contributed by atoms with van der Waals surface area (Å²) in [6.07, 6.45) is 1.84. The number of rotatable bonds is 2. The third-order valence-corrected chi connectivity index (χ3v) is 2.61. The first-order chi connectivity index (χ1) is 7.66. The van der Waals surface area contributed by atoms with Crippen LogP contribution in [0, 0.1) is 6.92 Å². The molecule has 0 amide bonds. The monoisotopic (exact) mass is 209 g/mol. The molecule has 1 heterocycles. The van der Waals surface area contributed by atoms with Crippen LogP contribution in [0.1, 0.15) is 18.2 Å². The van der Waals surface area contributed by atoms with Gasteiger partial charge >= 0.3 is 0 Å². The van der Waals surface area contributed by atoms with Gasteiger partial charge < -0.3 is 0 Å². The SMILES string of the molecule is C=C(C)c1ccc(-c2ccnc(C)c2)cc1. The molecule has 0 N–H and O–H groups in total. The van der Waals surface area contributed by atoms with Gasteiger partial charge in [0, 0.05) is 11.9 Å². The van der Waals surface area contributed by atoms with Gasteiger partial charge in [-0.1, -0.05) is 36.4 Å². The summed E-state index contributed by atoms with van der Waals surface area (Å²) in [7, 11) is 0. The number of hydrogen-bond donors (Lipinski definition) is 0. The molecule has 0 saturated carbocycles. The number of pyridine rings is 1. The fourth-order valence-corrected chi connectivity index (χ4v) is 1.67. The molecule has 1 heteroatoms. The van der Waals surface area contributed by atoms with Crippen LogP contribution in [0.4, 0.5) is 0 Å². The summed E-state index contributed by atoms with van der Waals surface area (Å²) in [6.45, 7) is 7.96. The van der Waals surface area contributed by atoms with Crippen LogP contribution in [-0.2, 0) is 0 Å². The summed E-state index contributed by atoms with van der Waals surface area (Å²) in [5, 5.41) is 0. The van der Waals surface area contributed by atoms with E-state index < -0.39 is 0 Å². The summed E-state index contributed by atoms with van der Waals surface area (Å²) < 4.78 is 0. The molecular formula is C15H15N. The van der Waals surface area contributed by atoms with E-state index in [2.05, 4.69) is 41.9 Å². The van der Waals surface area contributed by atoms with Gasteiger partial charge in [-0.25, -0.2) is 0 Å². The minimum atomic E-state index is 1.04. The quantitative estimate of drug-likeness (QED) is 0.726. The number of aryl methyl sites for hydroxylation is 1. The molecule has 80 valence electrons. The van der Waals surface area contributed by atoms with Crippen molar-refractivity contribution < 1.29 is 0 Å². The first kappa shape index (κ1) is 10.6. The minimum absolute atomic E-state index is 1.04. The molecule has 0 spiro atoms. The average molecular weight is 209 g/mol. The molecule has 0 radical (unpaired) electrons. The molecular weight excluding hydrogens is 194 g/mol. The molecule has 0 unspecified atom stereocenters. The van der Waals surface area contributed by atoms with Crippen LogP contribution >= 0.6 is 0 Å². The lowest BCUT2D eigenvalue weighted by Gasteiger charge is -2.04. The smallest absolute Gasteiger partial charge is 0.0378 e. The second-order valence-electron chi connectivity index (χ2n) is 4.04. The highest BCUT2D eigenvalue weighted by Crippen LogP contribution is 2.21. The highest BCUT2D eigenvalue weighted by Gasteiger charge is 1.99. The molecule has 2 rings (SSSR count). The zero-order chi connectivity index (χ0) is 11.5. The molecule has 1 nitrogen and oxygen atoms in total. The maximum Gasteiger partial charge on any atom is 0.0378 e. The Bertz CT molecular complexity index is 509. The normalized spacial score (nSPS) is 10.1. The Labute approximate surface area is 96.5 Å². The van der Waals surface area contributed by atoms with Crippen LogP contribution in [0.2, 0.25) is 0 Å². The van der Waals surface area contributed by atoms with Gasteiger partial charge in [0.1, 0.15) is 0 Å². The summed E-state index contributed by atoms with van der Waals surface area (Å²) in [5.74, 6) is 0. The van der Waals surface area contributed by atoms with E-state index in [9.17, 15) is 0 Å². The van der Waals surface area contributed by atoms with Crippen molar-refractivity contribution in [2.24, 2.45) is 0 Å². The number of allylic oxidation sites excluding steroid dienone is 1. The molecule has 0 aliphatic rings. The maximum atomic E-state index is 4.20. The van der Waals surface area contributed by atoms with Crippen LogP contribution in [-0.4, -0.2) is 4.98 Å². The molecule has 1 aromatic carbocycles. The van der Waals surface area contributed by atoms with Gasteiger partial charge in [-0.05, 0) is 42.7 Å². The van der Waals surface area contributed by atoms with E-state index in [0.29, 0.717) is 0 Å². The molecule has 1 aromatic heterocycles. The van der Waals surface area contributed by atoms with Crippen molar-refractivity contribution in [2.45, 2.75) is 13.8 Å². The van der Waals surface area contributed by atoms with Crippen molar-refractivity contribution in [2.75, 3.05) is 0 Å². The fourth-order valence-electron chi connectivity index (χ4n) is 1.67. The second kappa shape index (κ2) is 4.31. The number of nitrogens with zero attached hydrogens (tertiary/aromatic N) is 1. The lowest BCUT2D eigenvalue weighted by Crippen LogP contribution is -1.84. The lowest BCUT2D eigenvalue weighted by atomic mass is 10.0. The highest BCUT2D eigenvalue weighted by atomic mass is 14.6. The Balaban J connectivity index is 2.38. The van der Waals surface area contributed by atoms with Crippen LogP contribution in [0.25, 0.3) is 16.7 Å². The van der Waals surface area contributed by atoms with Gasteiger partial charge in [0.2, 0.25) is 0 Å². The van der Waals surface area contributed by atoms with E-state index in [1.807, 2.05) is 26.1 Å². The fraction of sp³-hybridized carbons (Fsp3) is 0.133. The predicted octanol–water partition coefficient (Wildman–Crippen LogP) is 4.09. The summed E-state index contributed by atoms with van der Waals surface area (Å²) in [4.78, 5) is 4.20. The van der Waals surface area contributed by atoms with Crippen LogP contribution < -0.4 is 0 Å². The summed E-state index contributed by atoms with van der Waals surface area (Å²) >= 11 is 0. The van der Waals surface area contributed by atoms with Gasteiger partial charge in [0.25, 0.3) is 0 Å². The van der Waals surface area contributed by atoms with E-state index in [1.165, 1.54) is 16.7 Å². The molecule has 0 aliphatic heterocycles. The number of benzene rings is 1. The second-order valence-corrected chi connectivity index (χ2v) is 4.04. The van der Waals surface area contributed by atoms with Crippen LogP contribution in [0.15, 0.2) is 49.2 Å². The Hall–Kier alpha value is -1.89. The third-order valence-electron chi connectivity index (χ3n) is 2.61. The van der Waals surface area contributed by atoms with E-state index >= 15 is 0 Å². The molecule has 0 bridgehead atoms. The molecule has 16 heavy (non-hydrogen) atoms. The Morgan fingerprint density at radius 1 is 1.06 bits per heavy atom. The van der Waals surface area contributed by atoms with E-state index in [0.717, 1.165) is 11.3 Å². The molecule has 0 saturated heterocycles. The first-order valence-corrected chi connectivity index (χ1v) is 5.36. The minimum Gasteiger partial charge on any atom is -0.262 e. The Morgan fingerprint density at radius 3 is 2.31 bits per heavy atom. The average Bonchev–Trinajstić information content (AvgIpc) is 2.29. The van der Waals surface area contributed by atoms with Gasteiger partial charge in [-0.15, -0.1) is 0 Å². The predicted molar refractivity (Wildman–Crippen MR) is 69.1 cm³/mol. The van der Waals surface area contributed by atoms with Gasteiger partial charge in [-0.3, -0.25) is 4.98 Å². The van der Waals surface area contributed by atoms with E-state index in [-0.39, 0.29) is 0 Å². The van der Waals surface area contributed by atoms with Gasteiger partial charge in [0.05, 0.1) is 0 Å². The van der Waals surface area contributed by atoms with Crippen molar-refractivity contribution in [3.63, 3.8) is 0 Å². The molecule has 0 fully saturated rings.